The molecule has 0 spiro atoms. The summed E-state index contributed by atoms with van der Waals surface area (Å²) in [6.45, 7) is 5.14. The molecule has 26 heavy (non-hydrogen) atoms. The Morgan fingerprint density at radius 3 is 2.92 bits per heavy atom. The highest BCUT2D eigenvalue weighted by molar-refractivity contribution is 7.22. The van der Waals surface area contributed by atoms with E-state index in [4.69, 9.17) is 9.40 Å². The standard InChI is InChI=1S/C19H18N4O2S/c1-13-11-14(2)17-16(12-13)26-19(21-17)23(9-8-22-7-4-6-20-22)18(24)15-5-3-10-25-15/h3-7,10-12H,8-9H2,1-2H3. The highest BCUT2D eigenvalue weighted by Gasteiger charge is 2.23. The normalized spacial score (nSPS) is 11.2. The van der Waals surface area contributed by atoms with E-state index in [9.17, 15) is 4.79 Å². The number of anilines is 1. The number of aromatic nitrogens is 3. The predicted molar refractivity (Wildman–Crippen MR) is 102 cm³/mol. The summed E-state index contributed by atoms with van der Waals surface area (Å²) in [7, 11) is 0. The van der Waals surface area contributed by atoms with Crippen molar-refractivity contribution in [1.29, 1.82) is 0 Å². The monoisotopic (exact) mass is 366 g/mol. The smallest absolute Gasteiger partial charge is 0.295 e. The van der Waals surface area contributed by atoms with Gasteiger partial charge in [-0.2, -0.15) is 5.10 Å². The van der Waals surface area contributed by atoms with E-state index in [0.717, 1.165) is 15.8 Å². The van der Waals surface area contributed by atoms with Crippen molar-refractivity contribution in [2.75, 3.05) is 11.4 Å². The van der Waals surface area contributed by atoms with E-state index in [1.54, 1.807) is 27.9 Å². The lowest BCUT2D eigenvalue weighted by atomic mass is 10.1. The van der Waals surface area contributed by atoms with E-state index in [0.29, 0.717) is 24.0 Å². The van der Waals surface area contributed by atoms with E-state index in [1.807, 2.05) is 19.2 Å². The van der Waals surface area contributed by atoms with Crippen LogP contribution in [0.1, 0.15) is 21.7 Å². The van der Waals surface area contributed by atoms with Gasteiger partial charge in [0.2, 0.25) is 0 Å². The van der Waals surface area contributed by atoms with Gasteiger partial charge >= 0.3 is 0 Å². The van der Waals surface area contributed by atoms with E-state index >= 15 is 0 Å². The highest BCUT2D eigenvalue weighted by Crippen LogP contribution is 2.32. The van der Waals surface area contributed by atoms with Crippen LogP contribution in [0.5, 0.6) is 0 Å². The van der Waals surface area contributed by atoms with Crippen molar-refractivity contribution in [3.8, 4) is 0 Å². The van der Waals surface area contributed by atoms with Gasteiger partial charge in [0.25, 0.3) is 5.91 Å². The van der Waals surface area contributed by atoms with Gasteiger partial charge in [-0.3, -0.25) is 14.4 Å². The average molecular weight is 366 g/mol. The van der Waals surface area contributed by atoms with Gasteiger partial charge in [0, 0.05) is 18.9 Å². The Kier molecular flexibility index (Phi) is 4.30. The lowest BCUT2D eigenvalue weighted by Gasteiger charge is -2.18. The second-order valence-electron chi connectivity index (χ2n) is 6.13. The first-order valence-corrected chi connectivity index (χ1v) is 9.14. The van der Waals surface area contributed by atoms with Gasteiger partial charge in [0.1, 0.15) is 0 Å². The summed E-state index contributed by atoms with van der Waals surface area (Å²) in [6, 6.07) is 9.46. The van der Waals surface area contributed by atoms with Crippen LogP contribution in [0, 0.1) is 13.8 Å². The van der Waals surface area contributed by atoms with Gasteiger partial charge in [-0.15, -0.1) is 0 Å². The zero-order valence-corrected chi connectivity index (χ0v) is 15.4. The maximum Gasteiger partial charge on any atom is 0.295 e. The molecule has 0 saturated carbocycles. The molecule has 0 bridgehead atoms. The van der Waals surface area contributed by atoms with Crippen LogP contribution in [0.3, 0.4) is 0 Å². The summed E-state index contributed by atoms with van der Waals surface area (Å²) in [5, 5.41) is 4.88. The Balaban J connectivity index is 1.71. The minimum atomic E-state index is -0.199. The van der Waals surface area contributed by atoms with Crippen molar-refractivity contribution in [2.24, 2.45) is 0 Å². The molecule has 0 radical (unpaired) electrons. The molecule has 7 heteroatoms. The summed E-state index contributed by atoms with van der Waals surface area (Å²) in [5.41, 5.74) is 3.23. The molecule has 0 aliphatic rings. The molecule has 0 fully saturated rings. The van der Waals surface area contributed by atoms with Crippen LogP contribution in [-0.4, -0.2) is 27.2 Å². The number of nitrogens with zero attached hydrogens (tertiary/aromatic N) is 4. The largest absolute Gasteiger partial charge is 0.459 e. The lowest BCUT2D eigenvalue weighted by molar-refractivity contribution is 0.0959. The first-order valence-electron chi connectivity index (χ1n) is 8.32. The summed E-state index contributed by atoms with van der Waals surface area (Å²) in [5.74, 6) is 0.105. The topological polar surface area (TPSA) is 64.2 Å². The number of hydrogen-bond acceptors (Lipinski definition) is 5. The molecule has 1 aromatic carbocycles. The third-order valence-corrected chi connectivity index (χ3v) is 5.16. The minimum Gasteiger partial charge on any atom is -0.459 e. The second-order valence-corrected chi connectivity index (χ2v) is 7.14. The van der Waals surface area contributed by atoms with Crippen molar-refractivity contribution in [3.05, 3.63) is 65.9 Å². The van der Waals surface area contributed by atoms with Crippen LogP contribution < -0.4 is 4.90 Å². The quantitative estimate of drug-likeness (QED) is 0.534. The maximum absolute atomic E-state index is 13.0. The number of aryl methyl sites for hydroxylation is 2. The van der Waals surface area contributed by atoms with E-state index in [2.05, 4.69) is 24.2 Å². The fraction of sp³-hybridized carbons (Fsp3) is 0.211. The Bertz CT molecular complexity index is 1040. The summed E-state index contributed by atoms with van der Waals surface area (Å²) in [6.07, 6.45) is 5.11. The summed E-state index contributed by atoms with van der Waals surface area (Å²) >= 11 is 1.52. The summed E-state index contributed by atoms with van der Waals surface area (Å²) in [4.78, 5) is 19.4. The zero-order valence-electron chi connectivity index (χ0n) is 14.5. The van der Waals surface area contributed by atoms with Gasteiger partial charge < -0.3 is 4.42 Å². The number of carbonyl (C=O) groups is 1. The molecule has 0 aliphatic carbocycles. The van der Waals surface area contributed by atoms with Crippen LogP contribution >= 0.6 is 11.3 Å². The molecule has 0 atom stereocenters. The molecule has 132 valence electrons. The van der Waals surface area contributed by atoms with Crippen LogP contribution in [0.2, 0.25) is 0 Å². The first-order chi connectivity index (χ1) is 12.6. The fourth-order valence-corrected chi connectivity index (χ4v) is 4.09. The van der Waals surface area contributed by atoms with Gasteiger partial charge in [0.15, 0.2) is 10.9 Å². The number of amides is 1. The van der Waals surface area contributed by atoms with Crippen LogP contribution in [-0.2, 0) is 6.54 Å². The number of benzene rings is 1. The van der Waals surface area contributed by atoms with Crippen LogP contribution in [0.4, 0.5) is 5.13 Å². The summed E-state index contributed by atoms with van der Waals surface area (Å²) < 4.78 is 8.19. The molecule has 3 aromatic heterocycles. The molecule has 6 nitrogen and oxygen atoms in total. The molecule has 0 N–H and O–H groups in total. The van der Waals surface area contributed by atoms with Crippen molar-refractivity contribution in [2.45, 2.75) is 20.4 Å². The van der Waals surface area contributed by atoms with Gasteiger partial charge in [-0.05, 0) is 49.2 Å². The van der Waals surface area contributed by atoms with Crippen molar-refractivity contribution in [1.82, 2.24) is 14.8 Å². The van der Waals surface area contributed by atoms with Crippen LogP contribution in [0.25, 0.3) is 10.2 Å². The molecular formula is C19H18N4O2S. The number of thiazole rings is 1. The van der Waals surface area contributed by atoms with E-state index < -0.39 is 0 Å². The molecule has 4 aromatic rings. The van der Waals surface area contributed by atoms with Crippen molar-refractivity contribution < 1.29 is 9.21 Å². The third kappa shape index (κ3) is 3.13. The number of furan rings is 1. The van der Waals surface area contributed by atoms with Crippen molar-refractivity contribution in [3.63, 3.8) is 0 Å². The molecular weight excluding hydrogens is 348 g/mol. The number of hydrogen-bond donors (Lipinski definition) is 0. The lowest BCUT2D eigenvalue weighted by Crippen LogP contribution is -2.33. The molecule has 0 unspecified atom stereocenters. The molecule has 0 saturated heterocycles. The second kappa shape index (κ2) is 6.76. The van der Waals surface area contributed by atoms with Gasteiger partial charge in [-0.25, -0.2) is 4.98 Å². The molecule has 1 amide bonds. The Morgan fingerprint density at radius 2 is 2.19 bits per heavy atom. The van der Waals surface area contributed by atoms with Gasteiger partial charge in [0.05, 0.1) is 23.0 Å². The highest BCUT2D eigenvalue weighted by atomic mass is 32.1. The first kappa shape index (κ1) is 16.5. The fourth-order valence-electron chi connectivity index (χ4n) is 2.93. The number of carbonyl (C=O) groups excluding carboxylic acids is 1. The van der Waals surface area contributed by atoms with E-state index in [1.165, 1.54) is 23.2 Å². The number of rotatable bonds is 5. The van der Waals surface area contributed by atoms with Crippen molar-refractivity contribution >= 4 is 32.6 Å². The van der Waals surface area contributed by atoms with Gasteiger partial charge in [-0.1, -0.05) is 17.4 Å². The average Bonchev–Trinajstić information content (AvgIpc) is 3.36. The predicted octanol–water partition coefficient (Wildman–Crippen LogP) is 4.05. The minimum absolute atomic E-state index is 0.199. The maximum atomic E-state index is 13.0. The van der Waals surface area contributed by atoms with Crippen LogP contribution in [0.15, 0.2) is 53.4 Å². The SMILES string of the molecule is Cc1cc(C)c2nc(N(CCn3cccn3)C(=O)c3ccco3)sc2c1. The third-order valence-electron chi connectivity index (χ3n) is 4.14. The Morgan fingerprint density at radius 1 is 1.31 bits per heavy atom. The molecule has 3 heterocycles. The zero-order chi connectivity index (χ0) is 18.1. The molecule has 4 rings (SSSR count). The Labute approximate surface area is 154 Å². The Hall–Kier alpha value is -2.93. The molecule has 0 aliphatic heterocycles. The number of fused-ring (bicyclic) bond motifs is 1. The van der Waals surface area contributed by atoms with E-state index in [-0.39, 0.29) is 5.91 Å².